The molecule has 0 fully saturated rings. The van der Waals surface area contributed by atoms with Gasteiger partial charge < -0.3 is 9.47 Å². The van der Waals surface area contributed by atoms with E-state index in [2.05, 4.69) is 15.3 Å². The van der Waals surface area contributed by atoms with Crippen LogP contribution in [0.1, 0.15) is 0 Å². The van der Waals surface area contributed by atoms with E-state index in [0.29, 0.717) is 29.0 Å². The molecule has 3 heterocycles. The van der Waals surface area contributed by atoms with Crippen LogP contribution in [0.15, 0.2) is 42.5 Å². The molecular formula is C17H11ClN4O2S. The molecule has 0 unspecified atom stereocenters. The van der Waals surface area contributed by atoms with E-state index in [9.17, 15) is 0 Å². The van der Waals surface area contributed by atoms with Gasteiger partial charge in [0.1, 0.15) is 18.2 Å². The summed E-state index contributed by atoms with van der Waals surface area (Å²) in [5.74, 6) is 2.12. The van der Waals surface area contributed by atoms with Gasteiger partial charge in [-0.15, -0.1) is 10.2 Å². The molecule has 2 aromatic carbocycles. The van der Waals surface area contributed by atoms with Gasteiger partial charge in [-0.25, -0.2) is 0 Å². The highest BCUT2D eigenvalue weighted by molar-refractivity contribution is 7.19. The molecular weight excluding hydrogens is 360 g/mol. The van der Waals surface area contributed by atoms with Crippen LogP contribution in [0.3, 0.4) is 0 Å². The van der Waals surface area contributed by atoms with E-state index < -0.39 is 0 Å². The monoisotopic (exact) mass is 370 g/mol. The Morgan fingerprint density at radius 2 is 1.84 bits per heavy atom. The fourth-order valence-corrected chi connectivity index (χ4v) is 3.78. The minimum atomic E-state index is 0.554. The second-order valence-corrected chi connectivity index (χ2v) is 6.83. The Morgan fingerprint density at radius 1 is 1.00 bits per heavy atom. The first kappa shape index (κ1) is 14.7. The van der Waals surface area contributed by atoms with Gasteiger partial charge >= 0.3 is 0 Å². The van der Waals surface area contributed by atoms with E-state index in [1.54, 1.807) is 4.52 Å². The van der Waals surface area contributed by atoms with Crippen LogP contribution in [-0.4, -0.2) is 33.0 Å². The van der Waals surface area contributed by atoms with Gasteiger partial charge in [0.2, 0.25) is 4.96 Å². The summed E-state index contributed by atoms with van der Waals surface area (Å²) >= 11 is 7.74. The summed E-state index contributed by atoms with van der Waals surface area (Å²) in [5, 5.41) is 14.6. The Labute approximate surface area is 151 Å². The quantitative estimate of drug-likeness (QED) is 0.534. The summed E-state index contributed by atoms with van der Waals surface area (Å²) in [6, 6.07) is 13.3. The van der Waals surface area contributed by atoms with E-state index in [4.69, 9.17) is 21.1 Å². The number of hydrogen-bond acceptors (Lipinski definition) is 6. The van der Waals surface area contributed by atoms with Gasteiger partial charge in [-0.3, -0.25) is 0 Å². The first-order valence-electron chi connectivity index (χ1n) is 7.67. The lowest BCUT2D eigenvalue weighted by molar-refractivity contribution is 0.171. The lowest BCUT2D eigenvalue weighted by Crippen LogP contribution is -2.15. The number of nitrogens with zero attached hydrogens (tertiary/aromatic N) is 4. The number of aromatic nitrogens is 4. The molecule has 1 aliphatic rings. The summed E-state index contributed by atoms with van der Waals surface area (Å²) in [7, 11) is 0. The zero-order chi connectivity index (χ0) is 16.8. The summed E-state index contributed by atoms with van der Waals surface area (Å²) in [5.41, 5.74) is 1.75. The van der Waals surface area contributed by atoms with Gasteiger partial charge in [-0.1, -0.05) is 35.1 Å². The van der Waals surface area contributed by atoms with Gasteiger partial charge in [0, 0.05) is 11.1 Å². The van der Waals surface area contributed by atoms with Crippen LogP contribution in [-0.2, 0) is 0 Å². The van der Waals surface area contributed by atoms with E-state index in [-0.39, 0.29) is 0 Å². The molecule has 0 atom stereocenters. The van der Waals surface area contributed by atoms with Crippen molar-refractivity contribution in [1.82, 2.24) is 19.8 Å². The van der Waals surface area contributed by atoms with Gasteiger partial charge in [0.15, 0.2) is 17.3 Å². The van der Waals surface area contributed by atoms with Crippen molar-refractivity contribution in [2.45, 2.75) is 0 Å². The average Bonchev–Trinajstić information content (AvgIpc) is 3.23. The zero-order valence-corrected chi connectivity index (χ0v) is 14.4. The summed E-state index contributed by atoms with van der Waals surface area (Å²) in [4.78, 5) is 0.708. The highest BCUT2D eigenvalue weighted by atomic mass is 35.5. The predicted molar refractivity (Wildman–Crippen MR) is 95.5 cm³/mol. The normalized spacial score (nSPS) is 13.3. The molecule has 0 aliphatic carbocycles. The molecule has 0 saturated carbocycles. The van der Waals surface area contributed by atoms with E-state index in [1.165, 1.54) is 11.3 Å². The van der Waals surface area contributed by atoms with Gasteiger partial charge in [-0.05, 0) is 30.3 Å². The Kier molecular flexibility index (Phi) is 3.36. The lowest BCUT2D eigenvalue weighted by atomic mass is 10.2. The molecule has 124 valence electrons. The van der Waals surface area contributed by atoms with E-state index >= 15 is 0 Å². The fraction of sp³-hybridized carbons (Fsp3) is 0.118. The zero-order valence-electron chi connectivity index (χ0n) is 12.8. The average molecular weight is 371 g/mol. The number of fused-ring (bicyclic) bond motifs is 2. The SMILES string of the molecule is Clc1ccccc1-c1nnc2sc(-c3ccc4c(c3)OCCO4)nn12. The second kappa shape index (κ2) is 5.72. The van der Waals surface area contributed by atoms with Crippen LogP contribution < -0.4 is 9.47 Å². The molecule has 0 saturated heterocycles. The molecule has 0 bridgehead atoms. The van der Waals surface area contributed by atoms with Crippen molar-refractivity contribution >= 4 is 27.9 Å². The molecule has 0 radical (unpaired) electrons. The topological polar surface area (TPSA) is 61.5 Å². The Bertz CT molecular complexity index is 1090. The Hall–Kier alpha value is -2.64. The molecule has 0 amide bonds. The molecule has 25 heavy (non-hydrogen) atoms. The van der Waals surface area contributed by atoms with Crippen LogP contribution in [0.4, 0.5) is 0 Å². The standard InChI is InChI=1S/C17H11ClN4O2S/c18-12-4-2-1-3-11(12)15-19-20-17-22(15)21-16(25-17)10-5-6-13-14(9-10)24-8-7-23-13/h1-6,9H,7-8H2. The molecule has 6 nitrogen and oxygen atoms in total. The molecule has 8 heteroatoms. The molecule has 0 N–H and O–H groups in total. The second-order valence-electron chi connectivity index (χ2n) is 5.46. The van der Waals surface area contributed by atoms with Crippen LogP contribution in [0.5, 0.6) is 11.5 Å². The van der Waals surface area contributed by atoms with Crippen molar-refractivity contribution in [1.29, 1.82) is 0 Å². The number of ether oxygens (including phenoxy) is 2. The maximum absolute atomic E-state index is 6.28. The van der Waals surface area contributed by atoms with Crippen molar-refractivity contribution in [3.05, 3.63) is 47.5 Å². The third-order valence-corrected chi connectivity index (χ3v) is 5.17. The fourth-order valence-electron chi connectivity index (χ4n) is 2.72. The maximum atomic E-state index is 6.28. The third kappa shape index (κ3) is 2.43. The number of benzene rings is 2. The minimum absolute atomic E-state index is 0.554. The molecule has 5 rings (SSSR count). The largest absolute Gasteiger partial charge is 0.486 e. The Balaban J connectivity index is 1.61. The predicted octanol–water partition coefficient (Wildman–Crippen LogP) is 3.94. The van der Waals surface area contributed by atoms with Gasteiger partial charge in [-0.2, -0.15) is 9.61 Å². The summed E-state index contributed by atoms with van der Waals surface area (Å²) in [6.45, 7) is 1.13. The third-order valence-electron chi connectivity index (χ3n) is 3.89. The number of rotatable bonds is 2. The highest BCUT2D eigenvalue weighted by Gasteiger charge is 2.18. The first-order chi connectivity index (χ1) is 12.3. The lowest BCUT2D eigenvalue weighted by Gasteiger charge is -2.18. The summed E-state index contributed by atoms with van der Waals surface area (Å²) < 4.78 is 12.9. The van der Waals surface area contributed by atoms with Gasteiger partial charge in [0.05, 0.1) is 5.02 Å². The van der Waals surface area contributed by atoms with Crippen LogP contribution >= 0.6 is 22.9 Å². The van der Waals surface area contributed by atoms with Crippen LogP contribution in [0.25, 0.3) is 26.9 Å². The number of hydrogen-bond donors (Lipinski definition) is 0. The van der Waals surface area contributed by atoms with Crippen LogP contribution in [0.2, 0.25) is 5.02 Å². The van der Waals surface area contributed by atoms with E-state index in [0.717, 1.165) is 27.6 Å². The summed E-state index contributed by atoms with van der Waals surface area (Å²) in [6.07, 6.45) is 0. The first-order valence-corrected chi connectivity index (χ1v) is 8.86. The molecule has 4 aromatic rings. The van der Waals surface area contributed by atoms with Gasteiger partial charge in [0.25, 0.3) is 0 Å². The van der Waals surface area contributed by atoms with Crippen molar-refractivity contribution < 1.29 is 9.47 Å². The van der Waals surface area contributed by atoms with Crippen molar-refractivity contribution in [3.63, 3.8) is 0 Å². The molecule has 0 spiro atoms. The smallest absolute Gasteiger partial charge is 0.235 e. The van der Waals surface area contributed by atoms with Crippen molar-refractivity contribution in [3.8, 4) is 33.5 Å². The number of halogens is 1. The Morgan fingerprint density at radius 3 is 2.72 bits per heavy atom. The molecule has 1 aliphatic heterocycles. The van der Waals surface area contributed by atoms with Crippen molar-refractivity contribution in [2.75, 3.05) is 13.2 Å². The molecule has 2 aromatic heterocycles. The maximum Gasteiger partial charge on any atom is 0.235 e. The minimum Gasteiger partial charge on any atom is -0.486 e. The van der Waals surface area contributed by atoms with Crippen molar-refractivity contribution in [2.24, 2.45) is 0 Å². The highest BCUT2D eigenvalue weighted by Crippen LogP contribution is 2.36. The van der Waals surface area contributed by atoms with E-state index in [1.807, 2.05) is 42.5 Å². The van der Waals surface area contributed by atoms with Crippen LogP contribution in [0, 0.1) is 0 Å².